The van der Waals surface area contributed by atoms with E-state index in [1.165, 1.54) is 110 Å². The van der Waals surface area contributed by atoms with Gasteiger partial charge in [-0.1, -0.05) is 115 Å². The van der Waals surface area contributed by atoms with Crippen LogP contribution in [0.3, 0.4) is 0 Å². The van der Waals surface area contributed by atoms with Crippen molar-refractivity contribution in [1.29, 1.82) is 0 Å². The smallest absolute Gasteiger partial charge is 0.302 e. The van der Waals surface area contributed by atoms with Crippen LogP contribution in [0.25, 0.3) is 0 Å². The number of hydrogen-bond acceptors (Lipinski definition) is 3. The lowest BCUT2D eigenvalue weighted by molar-refractivity contribution is -0.141. The van der Waals surface area contributed by atoms with Gasteiger partial charge in [-0.05, 0) is 64.2 Å². The van der Waals surface area contributed by atoms with Crippen LogP contribution in [0.4, 0.5) is 0 Å². The van der Waals surface area contributed by atoms with Gasteiger partial charge in [-0.15, -0.1) is 0 Å². The van der Waals surface area contributed by atoms with Crippen molar-refractivity contribution in [1.82, 2.24) is 0 Å². The Hall–Kier alpha value is -1.35. The van der Waals surface area contributed by atoms with E-state index in [1.54, 1.807) is 0 Å². The summed E-state index contributed by atoms with van der Waals surface area (Å²) in [6.45, 7) is 6.83. The van der Waals surface area contributed by atoms with Gasteiger partial charge in [0.1, 0.15) is 0 Å². The minimum absolute atomic E-state index is 0.191. The summed E-state index contributed by atoms with van der Waals surface area (Å²) in [6, 6.07) is 0. The molecular weight excluding hydrogens is 432 g/mol. The molecule has 0 aromatic rings. The third-order valence-corrected chi connectivity index (χ3v) is 5.82. The van der Waals surface area contributed by atoms with Crippen LogP contribution >= 0.6 is 0 Å². The quantitative estimate of drug-likeness (QED) is 0.0828. The first-order chi connectivity index (χ1) is 17.2. The molecule has 0 bridgehead atoms. The Morgan fingerprint density at radius 2 is 0.971 bits per heavy atom. The highest BCUT2D eigenvalue weighted by atomic mass is 16.5. The molecule has 0 aliphatic heterocycles. The second-order valence-electron chi connectivity index (χ2n) is 9.46. The monoisotopic (exact) mass is 492 g/mol. The van der Waals surface area contributed by atoms with Crippen molar-refractivity contribution in [2.24, 2.45) is 0 Å². The predicted octanol–water partition coefficient (Wildman–Crippen LogP) is 10.0. The summed E-state index contributed by atoms with van der Waals surface area (Å²) in [7, 11) is 0. The number of esters is 1. The third kappa shape index (κ3) is 40.1. The number of unbranched alkanes of at least 4 members (excludes halogenated alkanes) is 15. The summed E-state index contributed by atoms with van der Waals surface area (Å²) in [5, 5.41) is 8.65. The van der Waals surface area contributed by atoms with Crippen molar-refractivity contribution in [2.45, 2.75) is 149 Å². The zero-order valence-electron chi connectivity index (χ0n) is 23.8. The van der Waals surface area contributed by atoms with Crippen molar-refractivity contribution < 1.29 is 14.6 Å². The van der Waals surface area contributed by atoms with Gasteiger partial charge in [0.25, 0.3) is 0 Å². The molecule has 0 aliphatic carbocycles. The Balaban J connectivity index is 0. The molecule has 3 nitrogen and oxygen atoms in total. The van der Waals surface area contributed by atoms with E-state index >= 15 is 0 Å². The van der Waals surface area contributed by atoms with Gasteiger partial charge in [0, 0.05) is 13.5 Å². The van der Waals surface area contributed by atoms with E-state index in [2.05, 4.69) is 50.3 Å². The van der Waals surface area contributed by atoms with Gasteiger partial charge in [0.2, 0.25) is 0 Å². The van der Waals surface area contributed by atoms with Crippen LogP contribution in [0.1, 0.15) is 149 Å². The first-order valence-electron chi connectivity index (χ1n) is 14.9. The molecule has 0 aromatic carbocycles. The molecule has 0 aliphatic rings. The van der Waals surface area contributed by atoms with Crippen molar-refractivity contribution in [3.05, 3.63) is 36.5 Å². The average Bonchev–Trinajstić information content (AvgIpc) is 2.85. The fourth-order valence-corrected chi connectivity index (χ4v) is 3.62. The molecule has 0 heterocycles. The topological polar surface area (TPSA) is 46.5 Å². The van der Waals surface area contributed by atoms with Crippen molar-refractivity contribution in [3.8, 4) is 0 Å². The fraction of sp³-hybridized carbons (Fsp3) is 0.781. The fourth-order valence-electron chi connectivity index (χ4n) is 3.62. The van der Waals surface area contributed by atoms with Gasteiger partial charge in [-0.2, -0.15) is 0 Å². The minimum atomic E-state index is -0.191. The summed E-state index contributed by atoms with van der Waals surface area (Å²) >= 11 is 0. The number of aliphatic hydroxyl groups is 1. The Morgan fingerprint density at radius 1 is 0.571 bits per heavy atom. The van der Waals surface area contributed by atoms with Crippen LogP contribution in [-0.2, 0) is 9.53 Å². The zero-order chi connectivity index (χ0) is 26.1. The number of allylic oxidation sites excluding steroid dienone is 6. The minimum Gasteiger partial charge on any atom is -0.466 e. The summed E-state index contributed by atoms with van der Waals surface area (Å²) in [5.74, 6) is -0.191. The van der Waals surface area contributed by atoms with Crippen LogP contribution in [-0.4, -0.2) is 24.3 Å². The Morgan fingerprint density at radius 3 is 1.49 bits per heavy atom. The van der Waals surface area contributed by atoms with Gasteiger partial charge in [0.15, 0.2) is 0 Å². The van der Waals surface area contributed by atoms with Gasteiger partial charge in [-0.3, -0.25) is 4.79 Å². The summed E-state index contributed by atoms with van der Waals surface area (Å²) < 4.78 is 4.84. The number of ether oxygens (including phenoxy) is 1. The third-order valence-electron chi connectivity index (χ3n) is 5.82. The Bertz CT molecular complexity index is 461. The van der Waals surface area contributed by atoms with Gasteiger partial charge in [0.05, 0.1) is 6.61 Å². The molecular formula is C32H60O3. The van der Waals surface area contributed by atoms with Crippen molar-refractivity contribution >= 4 is 5.97 Å². The summed E-state index contributed by atoms with van der Waals surface area (Å²) in [5.41, 5.74) is 0. The van der Waals surface area contributed by atoms with Crippen LogP contribution < -0.4 is 0 Å². The highest BCUT2D eigenvalue weighted by Gasteiger charge is 1.91. The normalized spacial score (nSPS) is 11.4. The molecule has 0 aromatic heterocycles. The zero-order valence-corrected chi connectivity index (χ0v) is 23.8. The second-order valence-corrected chi connectivity index (χ2v) is 9.46. The lowest BCUT2D eigenvalue weighted by Crippen LogP contribution is -1.99. The van der Waals surface area contributed by atoms with Gasteiger partial charge < -0.3 is 9.84 Å². The van der Waals surface area contributed by atoms with Gasteiger partial charge in [-0.25, -0.2) is 0 Å². The maximum absolute atomic E-state index is 10.5. The van der Waals surface area contributed by atoms with Crippen LogP contribution in [0.5, 0.6) is 0 Å². The van der Waals surface area contributed by atoms with E-state index in [4.69, 9.17) is 9.84 Å². The number of hydrogen-bond donors (Lipinski definition) is 1. The predicted molar refractivity (Wildman–Crippen MR) is 155 cm³/mol. The van der Waals surface area contributed by atoms with Crippen LogP contribution in [0, 0.1) is 0 Å². The van der Waals surface area contributed by atoms with Crippen molar-refractivity contribution in [2.75, 3.05) is 13.2 Å². The average molecular weight is 493 g/mol. The lowest BCUT2D eigenvalue weighted by Gasteiger charge is -1.98. The van der Waals surface area contributed by atoms with E-state index in [9.17, 15) is 4.79 Å². The van der Waals surface area contributed by atoms with E-state index < -0.39 is 0 Å². The molecule has 206 valence electrons. The molecule has 0 saturated heterocycles. The standard InChI is InChI=1S/C17H34O.C15H26O2/c1-2-3-4-5-6-7-8-9-10-11-12-13-14-15-16-17-18;1-3-4-5-6-7-8-9-10-11-12-13-14-17-15(2)16/h9-10,18H,2-8,11-17H2,1H3;7-8,10-11H,3-6,9,12-14H2,1-2H3/b10-9+;8-7-,11-10+. The van der Waals surface area contributed by atoms with Crippen molar-refractivity contribution in [3.63, 3.8) is 0 Å². The molecule has 0 spiro atoms. The molecule has 0 saturated carbocycles. The summed E-state index contributed by atoms with van der Waals surface area (Å²) in [6.07, 6.45) is 38.6. The highest BCUT2D eigenvalue weighted by molar-refractivity contribution is 5.65. The molecule has 0 rings (SSSR count). The van der Waals surface area contributed by atoms with E-state index in [-0.39, 0.29) is 5.97 Å². The van der Waals surface area contributed by atoms with Gasteiger partial charge >= 0.3 is 5.97 Å². The molecule has 0 radical (unpaired) electrons. The lowest BCUT2D eigenvalue weighted by atomic mass is 10.1. The highest BCUT2D eigenvalue weighted by Crippen LogP contribution is 2.09. The Kier molecular flexibility index (Phi) is 35.6. The van der Waals surface area contributed by atoms with E-state index in [1.807, 2.05) is 0 Å². The van der Waals surface area contributed by atoms with E-state index in [0.29, 0.717) is 13.2 Å². The Labute approximate surface area is 219 Å². The molecule has 0 amide bonds. The molecule has 3 heteroatoms. The largest absolute Gasteiger partial charge is 0.466 e. The van der Waals surface area contributed by atoms with Crippen LogP contribution in [0.2, 0.25) is 0 Å². The number of carbonyl (C=O) groups is 1. The van der Waals surface area contributed by atoms with E-state index in [0.717, 1.165) is 25.7 Å². The first-order valence-corrected chi connectivity index (χ1v) is 14.9. The molecule has 0 fully saturated rings. The molecule has 0 unspecified atom stereocenters. The first kappa shape index (κ1) is 35.8. The molecule has 35 heavy (non-hydrogen) atoms. The summed E-state index contributed by atoms with van der Waals surface area (Å²) in [4.78, 5) is 10.5. The SMILES string of the molecule is CCCCC/C=C\C/C=C/CCCOC(C)=O.CCCCCCCC/C=C/CCCCCCCO. The molecule has 0 atom stereocenters. The molecule has 1 N–H and O–H groups in total. The number of aliphatic hydroxyl groups excluding tert-OH is 1. The van der Waals surface area contributed by atoms with Crippen LogP contribution in [0.15, 0.2) is 36.5 Å². The maximum atomic E-state index is 10.5. The number of rotatable bonds is 24. The second kappa shape index (κ2) is 34.8. The number of carbonyl (C=O) groups excluding carboxylic acids is 1. The maximum Gasteiger partial charge on any atom is 0.302 e.